The summed E-state index contributed by atoms with van der Waals surface area (Å²) in [7, 11) is 0. The van der Waals surface area contributed by atoms with Crippen molar-refractivity contribution in [3.63, 3.8) is 0 Å². The largest absolute Gasteiger partial charge is 0.397 e. The van der Waals surface area contributed by atoms with Gasteiger partial charge in [0.15, 0.2) is 5.69 Å². The minimum atomic E-state index is -0.334. The summed E-state index contributed by atoms with van der Waals surface area (Å²) in [6.07, 6.45) is 1.69. The van der Waals surface area contributed by atoms with E-state index in [2.05, 4.69) is 19.8 Å². The number of anilines is 2. The van der Waals surface area contributed by atoms with E-state index in [1.54, 1.807) is 29.9 Å². The van der Waals surface area contributed by atoms with Crippen molar-refractivity contribution in [3.8, 4) is 5.69 Å². The van der Waals surface area contributed by atoms with E-state index in [4.69, 9.17) is 5.73 Å². The number of hydrogen-bond donors (Lipinski definition) is 2. The molecule has 0 radical (unpaired) electrons. The smallest absolute Gasteiger partial charge is 0.277 e. The molecule has 1 aromatic carbocycles. The highest BCUT2D eigenvalue weighted by atomic mass is 32.1. The fourth-order valence-electron chi connectivity index (χ4n) is 1.78. The molecule has 3 N–H and O–H groups in total. The fraction of sp³-hybridized carbons (Fsp3) is 0.0769. The number of nitrogens with one attached hydrogen (secondary N) is 1. The van der Waals surface area contributed by atoms with Gasteiger partial charge in [0.05, 0.1) is 11.4 Å². The Morgan fingerprint density at radius 1 is 1.33 bits per heavy atom. The molecule has 3 aromatic rings. The van der Waals surface area contributed by atoms with Crippen molar-refractivity contribution in [2.75, 3.05) is 11.1 Å². The van der Waals surface area contributed by atoms with Crippen LogP contribution in [0, 0.1) is 6.92 Å². The van der Waals surface area contributed by atoms with Crippen LogP contribution in [0.2, 0.25) is 0 Å². The number of aryl methyl sites for hydroxylation is 1. The third-order valence-electron chi connectivity index (χ3n) is 2.75. The number of aromatic nitrogens is 4. The molecule has 8 heteroatoms. The van der Waals surface area contributed by atoms with E-state index in [0.717, 1.165) is 17.2 Å². The van der Waals surface area contributed by atoms with Gasteiger partial charge in [-0.25, -0.2) is 9.67 Å². The van der Waals surface area contributed by atoms with Crippen molar-refractivity contribution in [2.24, 2.45) is 0 Å². The van der Waals surface area contributed by atoms with Gasteiger partial charge in [-0.15, -0.1) is 0 Å². The van der Waals surface area contributed by atoms with E-state index >= 15 is 0 Å². The third kappa shape index (κ3) is 2.75. The predicted octanol–water partition coefficient (Wildman–Crippen LogP) is 1.87. The average Bonchev–Trinajstić information content (AvgIpc) is 3.09. The van der Waals surface area contributed by atoms with Crippen LogP contribution in [0.5, 0.6) is 0 Å². The van der Waals surface area contributed by atoms with Gasteiger partial charge in [0.2, 0.25) is 5.13 Å². The Balaban J connectivity index is 1.82. The molecule has 3 rings (SSSR count). The van der Waals surface area contributed by atoms with Crippen molar-refractivity contribution in [1.29, 1.82) is 0 Å². The predicted molar refractivity (Wildman–Crippen MR) is 80.6 cm³/mol. The van der Waals surface area contributed by atoms with Crippen LogP contribution in [0.1, 0.15) is 16.3 Å². The molecule has 2 heterocycles. The first-order chi connectivity index (χ1) is 10.1. The van der Waals surface area contributed by atoms with Crippen LogP contribution >= 0.6 is 11.5 Å². The summed E-state index contributed by atoms with van der Waals surface area (Å²) in [5.41, 5.74) is 7.49. The van der Waals surface area contributed by atoms with Crippen LogP contribution in [0.25, 0.3) is 5.69 Å². The summed E-state index contributed by atoms with van der Waals surface area (Å²) in [5.74, 6) is 0.289. The zero-order chi connectivity index (χ0) is 14.8. The summed E-state index contributed by atoms with van der Waals surface area (Å²) in [4.78, 5) is 16.1. The lowest BCUT2D eigenvalue weighted by molar-refractivity contribution is 0.102. The number of hydrogen-bond acceptors (Lipinski definition) is 6. The summed E-state index contributed by atoms with van der Waals surface area (Å²) in [5, 5.41) is 7.33. The van der Waals surface area contributed by atoms with Gasteiger partial charge in [-0.1, -0.05) is 12.1 Å². The molecule has 0 aliphatic rings. The molecule has 0 saturated heterocycles. The number of carbonyl (C=O) groups excluding carboxylic acids is 1. The molecule has 7 nitrogen and oxygen atoms in total. The van der Waals surface area contributed by atoms with Crippen molar-refractivity contribution >= 4 is 28.3 Å². The van der Waals surface area contributed by atoms with Crippen molar-refractivity contribution < 1.29 is 4.79 Å². The van der Waals surface area contributed by atoms with Crippen molar-refractivity contribution in [2.45, 2.75) is 6.92 Å². The first-order valence-corrected chi connectivity index (χ1v) is 6.93. The Morgan fingerprint density at radius 3 is 2.86 bits per heavy atom. The molecular weight excluding hydrogens is 288 g/mol. The monoisotopic (exact) mass is 300 g/mol. The molecular formula is C13H12N6OS. The summed E-state index contributed by atoms with van der Waals surface area (Å²) in [6, 6.07) is 8.93. The van der Waals surface area contributed by atoms with Crippen LogP contribution in [-0.2, 0) is 0 Å². The minimum absolute atomic E-state index is 0.283. The number of benzene rings is 1. The zero-order valence-corrected chi connectivity index (χ0v) is 12.0. The molecule has 0 bridgehead atoms. The normalized spacial score (nSPS) is 10.5. The fourth-order valence-corrected chi connectivity index (χ4v) is 2.36. The summed E-state index contributed by atoms with van der Waals surface area (Å²) in [6.45, 7) is 1.76. The van der Waals surface area contributed by atoms with E-state index in [0.29, 0.717) is 16.6 Å². The molecule has 106 valence electrons. The van der Waals surface area contributed by atoms with Crippen LogP contribution < -0.4 is 11.1 Å². The number of para-hydroxylation sites is 2. The maximum Gasteiger partial charge on any atom is 0.277 e. The Kier molecular flexibility index (Phi) is 3.36. The highest BCUT2D eigenvalue weighted by molar-refractivity contribution is 7.09. The van der Waals surface area contributed by atoms with Gasteiger partial charge >= 0.3 is 0 Å². The van der Waals surface area contributed by atoms with Crippen LogP contribution in [-0.4, -0.2) is 25.0 Å². The first-order valence-electron chi connectivity index (χ1n) is 6.16. The van der Waals surface area contributed by atoms with Crippen molar-refractivity contribution in [1.82, 2.24) is 19.1 Å². The third-order valence-corrected chi connectivity index (χ3v) is 3.48. The Hall–Kier alpha value is -2.74. The van der Waals surface area contributed by atoms with Gasteiger partial charge in [-0.2, -0.15) is 9.47 Å². The number of rotatable bonds is 3. The lowest BCUT2D eigenvalue weighted by Crippen LogP contribution is -2.13. The Labute approximate surface area is 124 Å². The van der Waals surface area contributed by atoms with Gasteiger partial charge in [-0.3, -0.25) is 10.1 Å². The number of amides is 1. The van der Waals surface area contributed by atoms with E-state index in [-0.39, 0.29) is 11.6 Å². The lowest BCUT2D eigenvalue weighted by atomic mass is 10.3. The van der Waals surface area contributed by atoms with Crippen LogP contribution in [0.3, 0.4) is 0 Å². The second kappa shape index (κ2) is 5.33. The van der Waals surface area contributed by atoms with E-state index in [1.807, 2.05) is 18.2 Å². The van der Waals surface area contributed by atoms with Gasteiger partial charge in [0.25, 0.3) is 5.91 Å². The topological polar surface area (TPSA) is 98.7 Å². The summed E-state index contributed by atoms with van der Waals surface area (Å²) >= 11 is 1.13. The molecule has 0 atom stereocenters. The molecule has 0 aliphatic heterocycles. The molecule has 21 heavy (non-hydrogen) atoms. The van der Waals surface area contributed by atoms with Crippen molar-refractivity contribution in [3.05, 3.63) is 48.0 Å². The molecule has 0 fully saturated rings. The number of nitrogens with two attached hydrogens (primary N) is 1. The second-order valence-corrected chi connectivity index (χ2v) is 5.06. The Morgan fingerprint density at radius 2 is 2.14 bits per heavy atom. The van der Waals surface area contributed by atoms with Gasteiger partial charge < -0.3 is 5.73 Å². The SMILES string of the molecule is Cc1nsc(NC(=O)c2ccn(-c3ccccc3N)n2)n1. The van der Waals surface area contributed by atoms with E-state index in [1.165, 1.54) is 0 Å². The molecule has 1 amide bonds. The maximum absolute atomic E-state index is 12.1. The second-order valence-electron chi connectivity index (χ2n) is 4.31. The van der Waals surface area contributed by atoms with Crippen LogP contribution in [0.4, 0.5) is 10.8 Å². The number of nitrogen functional groups attached to an aromatic ring is 1. The summed E-state index contributed by atoms with van der Waals surface area (Å²) < 4.78 is 5.57. The maximum atomic E-state index is 12.1. The van der Waals surface area contributed by atoms with Gasteiger partial charge in [-0.05, 0) is 25.1 Å². The van der Waals surface area contributed by atoms with E-state index in [9.17, 15) is 4.79 Å². The van der Waals surface area contributed by atoms with Crippen LogP contribution in [0.15, 0.2) is 36.5 Å². The highest BCUT2D eigenvalue weighted by Gasteiger charge is 2.13. The molecule has 0 unspecified atom stereocenters. The molecule has 0 aliphatic carbocycles. The first kappa shape index (κ1) is 13.3. The minimum Gasteiger partial charge on any atom is -0.397 e. The quantitative estimate of drug-likeness (QED) is 0.719. The number of nitrogens with zero attached hydrogens (tertiary/aromatic N) is 4. The number of carbonyl (C=O) groups is 1. The molecule has 0 saturated carbocycles. The van der Waals surface area contributed by atoms with Gasteiger partial charge in [0, 0.05) is 17.7 Å². The molecule has 2 aromatic heterocycles. The average molecular weight is 300 g/mol. The lowest BCUT2D eigenvalue weighted by Gasteiger charge is -2.04. The van der Waals surface area contributed by atoms with E-state index < -0.39 is 0 Å². The highest BCUT2D eigenvalue weighted by Crippen LogP contribution is 2.16. The standard InChI is InChI=1S/C13H12N6OS/c1-8-15-13(21-18-8)16-12(20)10-6-7-19(17-10)11-5-3-2-4-9(11)14/h2-7H,14H2,1H3,(H,15,16,18,20). The zero-order valence-electron chi connectivity index (χ0n) is 11.1. The Bertz CT molecular complexity index is 793. The molecule has 0 spiro atoms. The van der Waals surface area contributed by atoms with Gasteiger partial charge in [0.1, 0.15) is 5.82 Å².